The average molecular weight is 257 g/mol. The van der Waals surface area contributed by atoms with Crippen LogP contribution in [0.15, 0.2) is 12.3 Å². The number of aryl methyl sites for hydroxylation is 1. The summed E-state index contributed by atoms with van der Waals surface area (Å²) in [5, 5.41) is 6.82. The van der Waals surface area contributed by atoms with Crippen LogP contribution in [-0.2, 0) is 12.8 Å². The highest BCUT2D eigenvalue weighted by Gasteiger charge is 2.21. The van der Waals surface area contributed by atoms with E-state index in [9.17, 15) is 0 Å². The summed E-state index contributed by atoms with van der Waals surface area (Å²) >= 11 is 0. The third-order valence-electron chi connectivity index (χ3n) is 4.05. The number of rotatable bonds is 2. The quantitative estimate of drug-likeness (QED) is 0.869. The second-order valence-electron chi connectivity index (χ2n) is 5.12. The minimum atomic E-state index is 0.595. The predicted octanol–water partition coefficient (Wildman–Crippen LogP) is 2.85. The number of nitrogens with one attached hydrogen (secondary N) is 1. The standard InChI is InChI=1S/C15H19N3O/c1-9-11-6-4-3-5-10(11)7-13(19-2)14(9)12-8-17-18-15(12)16/h7-8H,3-6H2,1-2H3,(H3,16,17,18). The van der Waals surface area contributed by atoms with Gasteiger partial charge >= 0.3 is 0 Å². The molecule has 2 aromatic rings. The molecule has 0 unspecified atom stereocenters. The second kappa shape index (κ2) is 4.61. The maximum Gasteiger partial charge on any atom is 0.127 e. The molecule has 0 bridgehead atoms. The van der Waals surface area contributed by atoms with Crippen LogP contribution in [-0.4, -0.2) is 17.3 Å². The first-order valence-electron chi connectivity index (χ1n) is 6.71. The second-order valence-corrected chi connectivity index (χ2v) is 5.12. The van der Waals surface area contributed by atoms with Gasteiger partial charge in [0.2, 0.25) is 0 Å². The summed E-state index contributed by atoms with van der Waals surface area (Å²) in [5.74, 6) is 1.49. The number of hydrogen-bond acceptors (Lipinski definition) is 3. The molecule has 3 rings (SSSR count). The Balaban J connectivity index is 2.26. The van der Waals surface area contributed by atoms with E-state index in [4.69, 9.17) is 10.5 Å². The molecule has 4 nitrogen and oxygen atoms in total. The Kier molecular flexibility index (Phi) is 2.93. The summed E-state index contributed by atoms with van der Waals surface area (Å²) in [7, 11) is 1.71. The van der Waals surface area contributed by atoms with Crippen molar-refractivity contribution in [1.82, 2.24) is 10.2 Å². The maximum absolute atomic E-state index is 5.97. The van der Waals surface area contributed by atoms with E-state index in [0.29, 0.717) is 5.82 Å². The highest BCUT2D eigenvalue weighted by Crippen LogP contribution is 2.40. The molecular formula is C15H19N3O. The molecule has 0 aliphatic heterocycles. The Labute approximate surface area is 113 Å². The monoisotopic (exact) mass is 257 g/mol. The zero-order valence-corrected chi connectivity index (χ0v) is 11.4. The fourth-order valence-corrected chi connectivity index (χ4v) is 3.07. The highest BCUT2D eigenvalue weighted by molar-refractivity contribution is 5.82. The summed E-state index contributed by atoms with van der Waals surface area (Å²) in [4.78, 5) is 0. The van der Waals surface area contributed by atoms with Gasteiger partial charge in [-0.2, -0.15) is 5.10 Å². The number of nitrogens with two attached hydrogens (primary N) is 1. The largest absolute Gasteiger partial charge is 0.496 e. The molecule has 3 N–H and O–H groups in total. The number of benzene rings is 1. The molecule has 0 saturated heterocycles. The number of fused-ring (bicyclic) bond motifs is 1. The lowest BCUT2D eigenvalue weighted by Crippen LogP contribution is -2.07. The van der Waals surface area contributed by atoms with Gasteiger partial charge in [0.05, 0.1) is 13.3 Å². The van der Waals surface area contributed by atoms with Crippen molar-refractivity contribution >= 4 is 5.82 Å². The fourth-order valence-electron chi connectivity index (χ4n) is 3.07. The van der Waals surface area contributed by atoms with E-state index < -0.39 is 0 Å². The molecule has 4 heteroatoms. The SMILES string of the molecule is COc1cc2c(c(C)c1-c1cn[nH]c1N)CCCC2. The number of anilines is 1. The van der Waals surface area contributed by atoms with E-state index in [0.717, 1.165) is 29.7 Å². The van der Waals surface area contributed by atoms with Gasteiger partial charge in [0.15, 0.2) is 0 Å². The normalized spacial score (nSPS) is 14.2. The summed E-state index contributed by atoms with van der Waals surface area (Å²) in [5.41, 5.74) is 12.1. The molecule has 1 aromatic heterocycles. The van der Waals surface area contributed by atoms with Crippen LogP contribution in [0.2, 0.25) is 0 Å². The first-order chi connectivity index (χ1) is 9.22. The Bertz CT molecular complexity index is 616. The molecule has 0 saturated carbocycles. The summed E-state index contributed by atoms with van der Waals surface area (Å²) < 4.78 is 5.57. The van der Waals surface area contributed by atoms with Crippen LogP contribution in [0.5, 0.6) is 5.75 Å². The van der Waals surface area contributed by atoms with Crippen LogP contribution in [0.25, 0.3) is 11.1 Å². The maximum atomic E-state index is 5.97. The van der Waals surface area contributed by atoms with Crippen molar-refractivity contribution in [2.45, 2.75) is 32.6 Å². The van der Waals surface area contributed by atoms with Gasteiger partial charge in [-0.3, -0.25) is 5.10 Å². The first-order valence-corrected chi connectivity index (χ1v) is 6.71. The van der Waals surface area contributed by atoms with Crippen LogP contribution >= 0.6 is 0 Å². The van der Waals surface area contributed by atoms with E-state index in [2.05, 4.69) is 23.2 Å². The van der Waals surface area contributed by atoms with E-state index in [1.807, 2.05) is 0 Å². The van der Waals surface area contributed by atoms with E-state index >= 15 is 0 Å². The molecule has 1 aliphatic rings. The molecular weight excluding hydrogens is 238 g/mol. The molecule has 1 heterocycles. The van der Waals surface area contributed by atoms with Gasteiger partial charge in [-0.1, -0.05) is 0 Å². The van der Waals surface area contributed by atoms with Crippen LogP contribution in [0.4, 0.5) is 5.82 Å². The van der Waals surface area contributed by atoms with Crippen molar-refractivity contribution in [3.8, 4) is 16.9 Å². The van der Waals surface area contributed by atoms with Crippen LogP contribution in [0.1, 0.15) is 29.5 Å². The number of H-pyrrole nitrogens is 1. The number of aromatic amines is 1. The molecule has 0 radical (unpaired) electrons. The third-order valence-corrected chi connectivity index (χ3v) is 4.05. The smallest absolute Gasteiger partial charge is 0.127 e. The fraction of sp³-hybridized carbons (Fsp3) is 0.400. The number of nitrogens with zero attached hydrogens (tertiary/aromatic N) is 1. The lowest BCUT2D eigenvalue weighted by Gasteiger charge is -2.22. The summed E-state index contributed by atoms with van der Waals surface area (Å²) in [6.45, 7) is 2.16. The van der Waals surface area contributed by atoms with Gasteiger partial charge in [0, 0.05) is 11.1 Å². The van der Waals surface area contributed by atoms with Crippen molar-refractivity contribution in [2.75, 3.05) is 12.8 Å². The zero-order valence-electron chi connectivity index (χ0n) is 11.4. The van der Waals surface area contributed by atoms with E-state index in [-0.39, 0.29) is 0 Å². The topological polar surface area (TPSA) is 63.9 Å². The lowest BCUT2D eigenvalue weighted by atomic mass is 9.84. The Hall–Kier alpha value is -1.97. The van der Waals surface area contributed by atoms with Gasteiger partial charge in [-0.25, -0.2) is 0 Å². The minimum absolute atomic E-state index is 0.595. The number of nitrogen functional groups attached to an aromatic ring is 1. The first kappa shape index (κ1) is 12.1. The predicted molar refractivity (Wildman–Crippen MR) is 76.4 cm³/mol. The van der Waals surface area contributed by atoms with Crippen LogP contribution in [0, 0.1) is 6.92 Å². The van der Waals surface area contributed by atoms with Gasteiger partial charge < -0.3 is 10.5 Å². The van der Waals surface area contributed by atoms with Crippen molar-refractivity contribution < 1.29 is 4.74 Å². The molecule has 0 spiro atoms. The molecule has 19 heavy (non-hydrogen) atoms. The molecule has 1 aromatic carbocycles. The zero-order chi connectivity index (χ0) is 13.4. The summed E-state index contributed by atoms with van der Waals surface area (Å²) in [6, 6.07) is 2.17. The Morgan fingerprint density at radius 2 is 2.11 bits per heavy atom. The number of hydrogen-bond donors (Lipinski definition) is 2. The molecule has 0 fully saturated rings. The van der Waals surface area contributed by atoms with Crippen molar-refractivity contribution in [3.05, 3.63) is 29.0 Å². The highest BCUT2D eigenvalue weighted by atomic mass is 16.5. The number of methoxy groups -OCH3 is 1. The van der Waals surface area contributed by atoms with Gasteiger partial charge in [0.25, 0.3) is 0 Å². The summed E-state index contributed by atoms with van der Waals surface area (Å²) in [6.07, 6.45) is 6.60. The number of ether oxygens (including phenoxy) is 1. The van der Waals surface area contributed by atoms with Gasteiger partial charge in [-0.15, -0.1) is 0 Å². The van der Waals surface area contributed by atoms with Crippen molar-refractivity contribution in [1.29, 1.82) is 0 Å². The number of aromatic nitrogens is 2. The molecule has 0 atom stereocenters. The van der Waals surface area contributed by atoms with E-state index in [1.54, 1.807) is 13.3 Å². The lowest BCUT2D eigenvalue weighted by molar-refractivity contribution is 0.415. The molecule has 0 amide bonds. The van der Waals surface area contributed by atoms with Crippen LogP contribution in [0.3, 0.4) is 0 Å². The van der Waals surface area contributed by atoms with Crippen molar-refractivity contribution in [3.63, 3.8) is 0 Å². The van der Waals surface area contributed by atoms with Gasteiger partial charge in [0.1, 0.15) is 11.6 Å². The van der Waals surface area contributed by atoms with Gasteiger partial charge in [-0.05, 0) is 55.4 Å². The van der Waals surface area contributed by atoms with E-state index in [1.165, 1.54) is 29.5 Å². The van der Waals surface area contributed by atoms with Crippen LogP contribution < -0.4 is 10.5 Å². The molecule has 100 valence electrons. The average Bonchev–Trinajstić information content (AvgIpc) is 2.84. The minimum Gasteiger partial charge on any atom is -0.496 e. The Morgan fingerprint density at radius 1 is 1.32 bits per heavy atom. The molecule has 1 aliphatic carbocycles. The van der Waals surface area contributed by atoms with Crippen molar-refractivity contribution in [2.24, 2.45) is 0 Å². The Morgan fingerprint density at radius 3 is 2.79 bits per heavy atom. The third kappa shape index (κ3) is 1.87.